The Balaban J connectivity index is 1.97. The van der Waals surface area contributed by atoms with E-state index in [0.717, 1.165) is 18.5 Å². The van der Waals surface area contributed by atoms with Gasteiger partial charge in [-0.15, -0.1) is 0 Å². The molecule has 112 valence electrons. The predicted molar refractivity (Wildman–Crippen MR) is 92.9 cm³/mol. The molecule has 6 nitrogen and oxygen atoms in total. The molecule has 1 atom stereocenters. The molecule has 1 saturated heterocycles. The Labute approximate surface area is 138 Å². The fourth-order valence-electron chi connectivity index (χ4n) is 1.94. The number of hydrazone groups is 1. The third kappa shape index (κ3) is 4.66. The normalized spacial score (nSPS) is 17.3. The molecule has 1 heterocycles. The van der Waals surface area contributed by atoms with Gasteiger partial charge in [0.1, 0.15) is 5.76 Å². The maximum absolute atomic E-state index is 11.7. The summed E-state index contributed by atoms with van der Waals surface area (Å²) in [4.78, 5) is 22.1. The van der Waals surface area contributed by atoms with Gasteiger partial charge in [0.15, 0.2) is 0 Å². The number of amides is 1. The Morgan fingerprint density at radius 2 is 2.24 bits per heavy atom. The number of anilines is 1. The summed E-state index contributed by atoms with van der Waals surface area (Å²) in [7, 11) is -0.358. The van der Waals surface area contributed by atoms with Gasteiger partial charge in [-0.05, 0) is 30.5 Å². The van der Waals surface area contributed by atoms with Crippen LogP contribution in [-0.2, 0) is 11.2 Å². The van der Waals surface area contributed by atoms with Gasteiger partial charge < -0.3 is 9.63 Å². The van der Waals surface area contributed by atoms with Crippen LogP contribution in [-0.4, -0.2) is 23.7 Å². The summed E-state index contributed by atoms with van der Waals surface area (Å²) < 4.78 is 7.74. The van der Waals surface area contributed by atoms with Crippen LogP contribution in [0.15, 0.2) is 40.9 Å². The van der Waals surface area contributed by atoms with Gasteiger partial charge in [-0.3, -0.25) is 8.54 Å². The van der Waals surface area contributed by atoms with Crippen LogP contribution in [0, 0.1) is 0 Å². The molecule has 1 aromatic carbocycles. The summed E-state index contributed by atoms with van der Waals surface area (Å²) >= 11 is 1.96. The zero-order valence-electron chi connectivity index (χ0n) is 11.1. The number of nitrogens with one attached hydrogen (secondary N) is 1. The molecular formula is C13H15IN3O3P. The average Bonchev–Trinajstić information content (AvgIpc) is 2.85. The molecule has 0 aromatic heterocycles. The lowest BCUT2D eigenvalue weighted by molar-refractivity contribution is 0.199. The smallest absolute Gasteiger partial charge is 0.412 e. The van der Waals surface area contributed by atoms with Gasteiger partial charge >= 0.3 is 6.09 Å². The lowest BCUT2D eigenvalue weighted by Gasteiger charge is -2.12. The number of ether oxygens (including phenoxy) is 1. The fourth-order valence-corrected chi connectivity index (χ4v) is 2.43. The van der Waals surface area contributed by atoms with Crippen LogP contribution in [0.5, 0.6) is 0 Å². The minimum absolute atomic E-state index is 0.358. The van der Waals surface area contributed by atoms with Crippen molar-refractivity contribution in [2.24, 2.45) is 5.10 Å². The maximum atomic E-state index is 11.7. The summed E-state index contributed by atoms with van der Waals surface area (Å²) in [5, 5.41) is 3.92. The standard InChI is InChI=1S/C13H15IN3O3P/c14-16-15-7-1-2-10-3-5-11(6-4-10)17-8-12(9-21-19)20-13(17)18/h3-7,9,16,19,21H,1-2,8H2/b12-9-,15-7-. The lowest BCUT2D eigenvalue weighted by Crippen LogP contribution is -2.22. The molecule has 0 radical (unpaired) electrons. The van der Waals surface area contributed by atoms with Crippen molar-refractivity contribution in [3.05, 3.63) is 41.4 Å². The Morgan fingerprint density at radius 3 is 2.90 bits per heavy atom. The van der Waals surface area contributed by atoms with Gasteiger partial charge in [-0.1, -0.05) is 12.1 Å². The second-order valence-corrected chi connectivity index (χ2v) is 5.32. The first kappa shape index (κ1) is 16.2. The number of hydrogen-bond acceptors (Lipinski definition) is 5. The van der Waals surface area contributed by atoms with Crippen LogP contribution in [0.2, 0.25) is 0 Å². The van der Waals surface area contributed by atoms with Gasteiger partial charge in [0.2, 0.25) is 0 Å². The van der Waals surface area contributed by atoms with Gasteiger partial charge in [0.05, 0.1) is 29.4 Å². The molecule has 1 unspecified atom stereocenters. The first-order valence-electron chi connectivity index (χ1n) is 6.28. The Bertz CT molecular complexity index is 548. The van der Waals surface area contributed by atoms with Gasteiger partial charge in [-0.25, -0.2) is 4.79 Å². The third-order valence-electron chi connectivity index (χ3n) is 2.93. The largest absolute Gasteiger partial charge is 0.419 e. The maximum Gasteiger partial charge on any atom is 0.419 e. The molecule has 0 aliphatic carbocycles. The van der Waals surface area contributed by atoms with Crippen LogP contribution in [0.4, 0.5) is 10.5 Å². The number of carbonyl (C=O) groups excluding carboxylic acids is 1. The number of aryl methyl sites for hydroxylation is 1. The van der Waals surface area contributed by atoms with E-state index in [1.807, 2.05) is 53.3 Å². The minimum Gasteiger partial charge on any atom is -0.412 e. The molecule has 8 heteroatoms. The van der Waals surface area contributed by atoms with E-state index in [2.05, 4.69) is 8.74 Å². The summed E-state index contributed by atoms with van der Waals surface area (Å²) in [5.74, 6) is 2.01. The molecular weight excluding hydrogens is 404 g/mol. The van der Waals surface area contributed by atoms with Crippen LogP contribution in [0.3, 0.4) is 0 Å². The first-order valence-corrected chi connectivity index (χ1v) is 8.39. The number of hydrogen-bond donors (Lipinski definition) is 2. The second-order valence-electron chi connectivity index (χ2n) is 4.30. The van der Waals surface area contributed by atoms with Crippen LogP contribution in [0.1, 0.15) is 12.0 Å². The van der Waals surface area contributed by atoms with E-state index in [9.17, 15) is 4.79 Å². The average molecular weight is 419 g/mol. The van der Waals surface area contributed by atoms with E-state index in [0.29, 0.717) is 12.3 Å². The van der Waals surface area contributed by atoms with Crippen molar-refractivity contribution >= 4 is 49.7 Å². The number of carbonyl (C=O) groups is 1. The summed E-state index contributed by atoms with van der Waals surface area (Å²) in [6.45, 7) is 0.361. The van der Waals surface area contributed by atoms with E-state index in [1.54, 1.807) is 0 Å². The molecule has 2 rings (SSSR count). The monoisotopic (exact) mass is 419 g/mol. The minimum atomic E-state index is -0.410. The van der Waals surface area contributed by atoms with Crippen molar-refractivity contribution in [1.29, 1.82) is 0 Å². The fraction of sp³-hybridized carbons (Fsp3) is 0.231. The Hall–Kier alpha value is -1.18. The predicted octanol–water partition coefficient (Wildman–Crippen LogP) is 2.93. The molecule has 2 N–H and O–H groups in total. The molecule has 21 heavy (non-hydrogen) atoms. The second kappa shape index (κ2) is 8.31. The molecule has 0 bridgehead atoms. The SMILES string of the molecule is O=C1O/C(=C\PO)CN1c1ccc(CC/C=N\NI)cc1. The molecule has 0 saturated carbocycles. The molecule has 1 fully saturated rings. The third-order valence-corrected chi connectivity index (χ3v) is 3.66. The van der Waals surface area contributed by atoms with Gasteiger partial charge in [-0.2, -0.15) is 5.10 Å². The van der Waals surface area contributed by atoms with E-state index in [-0.39, 0.29) is 8.81 Å². The molecule has 0 spiro atoms. The van der Waals surface area contributed by atoms with E-state index >= 15 is 0 Å². The Kier molecular flexibility index (Phi) is 6.41. The summed E-state index contributed by atoms with van der Waals surface area (Å²) in [6.07, 6.45) is 3.16. The number of rotatable bonds is 6. The number of halogens is 1. The quantitative estimate of drug-likeness (QED) is 0.245. The highest BCUT2D eigenvalue weighted by molar-refractivity contribution is 14.1. The van der Waals surface area contributed by atoms with Crippen molar-refractivity contribution in [3.8, 4) is 0 Å². The summed E-state index contributed by atoms with van der Waals surface area (Å²) in [6, 6.07) is 7.77. The number of nitrogens with zero attached hydrogens (tertiary/aromatic N) is 2. The van der Waals surface area contributed by atoms with Crippen molar-refractivity contribution < 1.29 is 14.4 Å². The highest BCUT2D eigenvalue weighted by atomic mass is 127. The highest BCUT2D eigenvalue weighted by Crippen LogP contribution is 2.25. The van der Waals surface area contributed by atoms with Crippen LogP contribution in [0.25, 0.3) is 0 Å². The van der Waals surface area contributed by atoms with Gasteiger partial charge in [0.25, 0.3) is 0 Å². The topological polar surface area (TPSA) is 74.2 Å². The van der Waals surface area contributed by atoms with E-state index in [1.165, 1.54) is 16.3 Å². The summed E-state index contributed by atoms with van der Waals surface area (Å²) in [5.41, 5.74) is 1.97. The van der Waals surface area contributed by atoms with Crippen molar-refractivity contribution in [2.75, 3.05) is 11.4 Å². The first-order chi connectivity index (χ1) is 10.2. The van der Waals surface area contributed by atoms with E-state index < -0.39 is 6.09 Å². The van der Waals surface area contributed by atoms with Crippen LogP contribution >= 0.6 is 31.7 Å². The van der Waals surface area contributed by atoms with Crippen molar-refractivity contribution in [2.45, 2.75) is 12.8 Å². The number of benzene rings is 1. The molecule has 1 aliphatic rings. The molecule has 1 amide bonds. The van der Waals surface area contributed by atoms with Crippen molar-refractivity contribution in [1.82, 2.24) is 3.64 Å². The molecule has 1 aromatic rings. The zero-order valence-corrected chi connectivity index (χ0v) is 14.3. The number of cyclic esters (lactones) is 1. The Morgan fingerprint density at radius 1 is 1.48 bits per heavy atom. The van der Waals surface area contributed by atoms with E-state index in [4.69, 9.17) is 9.63 Å². The molecule has 1 aliphatic heterocycles. The van der Waals surface area contributed by atoms with Gasteiger partial charge in [0, 0.05) is 26.5 Å². The lowest BCUT2D eigenvalue weighted by atomic mass is 10.1. The highest BCUT2D eigenvalue weighted by Gasteiger charge is 2.27. The zero-order chi connectivity index (χ0) is 15.1. The van der Waals surface area contributed by atoms with Crippen LogP contribution < -0.4 is 8.54 Å². The van der Waals surface area contributed by atoms with Crippen molar-refractivity contribution in [3.63, 3.8) is 0 Å².